The lowest BCUT2D eigenvalue weighted by atomic mass is 9.92. The number of halogens is 1. The number of hydrogen-bond donors (Lipinski definition) is 0. The Hall–Kier alpha value is -1.07. The standard InChI is InChI=1S/C10H11ClN2/c1-10(2,3)9-5-7(11)8(12-4)6-13-9/h5-6H,1-3H3. The van der Waals surface area contributed by atoms with Crippen molar-refractivity contribution in [2.75, 3.05) is 0 Å². The largest absolute Gasteiger partial charge is 0.272 e. The van der Waals surface area contributed by atoms with Crippen LogP contribution in [0.1, 0.15) is 26.5 Å². The van der Waals surface area contributed by atoms with Crippen molar-refractivity contribution in [3.05, 3.63) is 34.4 Å². The first-order valence-corrected chi connectivity index (χ1v) is 4.36. The van der Waals surface area contributed by atoms with Crippen LogP contribution in [0, 0.1) is 6.57 Å². The molecule has 1 aromatic rings. The van der Waals surface area contributed by atoms with E-state index in [2.05, 4.69) is 30.6 Å². The zero-order chi connectivity index (χ0) is 10.1. The van der Waals surface area contributed by atoms with E-state index in [-0.39, 0.29) is 5.41 Å². The van der Waals surface area contributed by atoms with Crippen LogP contribution in [-0.2, 0) is 5.41 Å². The molecule has 1 heterocycles. The molecule has 0 bridgehead atoms. The van der Waals surface area contributed by atoms with Gasteiger partial charge in [0.2, 0.25) is 5.69 Å². The van der Waals surface area contributed by atoms with Gasteiger partial charge in [0.1, 0.15) is 0 Å². The maximum absolute atomic E-state index is 6.81. The van der Waals surface area contributed by atoms with Crippen molar-refractivity contribution in [2.45, 2.75) is 26.2 Å². The molecule has 0 atom stereocenters. The van der Waals surface area contributed by atoms with Gasteiger partial charge in [-0.1, -0.05) is 32.4 Å². The second-order valence-electron chi connectivity index (χ2n) is 3.88. The highest BCUT2D eigenvalue weighted by molar-refractivity contribution is 6.33. The third kappa shape index (κ3) is 2.19. The zero-order valence-corrected chi connectivity index (χ0v) is 8.68. The van der Waals surface area contributed by atoms with Crippen LogP contribution in [-0.4, -0.2) is 4.98 Å². The summed E-state index contributed by atoms with van der Waals surface area (Å²) in [6.45, 7) is 13.0. The normalized spacial score (nSPS) is 11.0. The molecule has 0 aliphatic heterocycles. The summed E-state index contributed by atoms with van der Waals surface area (Å²) in [5.41, 5.74) is 1.30. The molecule has 1 aromatic heterocycles. The van der Waals surface area contributed by atoms with Crippen molar-refractivity contribution < 1.29 is 0 Å². The second-order valence-corrected chi connectivity index (χ2v) is 4.29. The number of aromatic nitrogens is 1. The first kappa shape index (κ1) is 10.0. The quantitative estimate of drug-likeness (QED) is 0.577. The highest BCUT2D eigenvalue weighted by Gasteiger charge is 2.16. The molecule has 0 saturated carbocycles. The molecule has 3 heteroatoms. The van der Waals surface area contributed by atoms with Crippen molar-refractivity contribution in [1.29, 1.82) is 0 Å². The van der Waals surface area contributed by atoms with Gasteiger partial charge >= 0.3 is 0 Å². The molecular weight excluding hydrogens is 184 g/mol. The minimum Gasteiger partial charge on any atom is -0.272 e. The van der Waals surface area contributed by atoms with Gasteiger partial charge in [0.05, 0.1) is 11.6 Å². The Kier molecular flexibility index (Phi) is 2.58. The lowest BCUT2D eigenvalue weighted by Crippen LogP contribution is -2.12. The van der Waals surface area contributed by atoms with Crippen LogP contribution in [0.5, 0.6) is 0 Å². The number of rotatable bonds is 0. The highest BCUT2D eigenvalue weighted by atomic mass is 35.5. The Labute approximate surface area is 83.4 Å². The van der Waals surface area contributed by atoms with Crippen LogP contribution in [0.2, 0.25) is 5.02 Å². The molecule has 0 amide bonds. The lowest BCUT2D eigenvalue weighted by Gasteiger charge is -2.17. The van der Waals surface area contributed by atoms with E-state index in [4.69, 9.17) is 18.2 Å². The van der Waals surface area contributed by atoms with E-state index in [0.29, 0.717) is 10.7 Å². The fourth-order valence-corrected chi connectivity index (χ4v) is 1.11. The summed E-state index contributed by atoms with van der Waals surface area (Å²) in [4.78, 5) is 7.43. The van der Waals surface area contributed by atoms with Gasteiger partial charge < -0.3 is 0 Å². The van der Waals surface area contributed by atoms with E-state index in [9.17, 15) is 0 Å². The number of hydrogen-bond acceptors (Lipinski definition) is 1. The Morgan fingerprint density at radius 1 is 1.46 bits per heavy atom. The predicted molar refractivity (Wildman–Crippen MR) is 54.2 cm³/mol. The van der Waals surface area contributed by atoms with Crippen LogP contribution < -0.4 is 0 Å². The Morgan fingerprint density at radius 3 is 2.46 bits per heavy atom. The molecule has 0 radical (unpaired) electrons. The van der Waals surface area contributed by atoms with Gasteiger partial charge in [-0.15, -0.1) is 0 Å². The molecule has 1 rings (SSSR count). The third-order valence-electron chi connectivity index (χ3n) is 1.72. The van der Waals surface area contributed by atoms with E-state index in [0.717, 1.165) is 5.69 Å². The lowest BCUT2D eigenvalue weighted by molar-refractivity contribution is 0.569. The van der Waals surface area contributed by atoms with Crippen LogP contribution in [0.25, 0.3) is 4.85 Å². The Bertz CT molecular complexity index is 358. The fraction of sp³-hybridized carbons (Fsp3) is 0.400. The molecule has 0 unspecified atom stereocenters. The average molecular weight is 195 g/mol. The van der Waals surface area contributed by atoms with Crippen LogP contribution >= 0.6 is 11.6 Å². The van der Waals surface area contributed by atoms with E-state index in [1.54, 1.807) is 6.07 Å². The third-order valence-corrected chi connectivity index (χ3v) is 2.03. The first-order chi connectivity index (χ1) is 5.95. The van der Waals surface area contributed by atoms with Gasteiger partial charge in [-0.25, -0.2) is 4.85 Å². The maximum atomic E-state index is 6.81. The van der Waals surface area contributed by atoms with Crippen molar-refractivity contribution >= 4 is 17.3 Å². The highest BCUT2D eigenvalue weighted by Crippen LogP contribution is 2.28. The van der Waals surface area contributed by atoms with E-state index in [1.165, 1.54) is 6.20 Å². The summed E-state index contributed by atoms with van der Waals surface area (Å²) in [6, 6.07) is 1.76. The second kappa shape index (κ2) is 3.35. The van der Waals surface area contributed by atoms with Gasteiger partial charge in [-0.05, 0) is 6.07 Å². The summed E-state index contributed by atoms with van der Waals surface area (Å²) >= 11 is 5.88. The summed E-state index contributed by atoms with van der Waals surface area (Å²) in [5, 5.41) is 0.481. The molecule has 0 saturated heterocycles. The van der Waals surface area contributed by atoms with Crippen LogP contribution in [0.3, 0.4) is 0 Å². The predicted octanol–water partition coefficient (Wildman–Crippen LogP) is 3.58. The van der Waals surface area contributed by atoms with Crippen LogP contribution in [0.15, 0.2) is 12.3 Å². The minimum atomic E-state index is -0.0236. The van der Waals surface area contributed by atoms with Gasteiger partial charge in [-0.2, -0.15) is 0 Å². The van der Waals surface area contributed by atoms with Gasteiger partial charge in [-0.3, -0.25) is 4.98 Å². The smallest absolute Gasteiger partial charge is 0.223 e. The Balaban J connectivity index is 3.20. The van der Waals surface area contributed by atoms with Crippen molar-refractivity contribution in [2.24, 2.45) is 0 Å². The number of nitrogens with zero attached hydrogens (tertiary/aromatic N) is 2. The first-order valence-electron chi connectivity index (χ1n) is 3.98. The van der Waals surface area contributed by atoms with Crippen LogP contribution in [0.4, 0.5) is 5.69 Å². The molecule has 0 aliphatic carbocycles. The van der Waals surface area contributed by atoms with E-state index in [1.807, 2.05) is 0 Å². The molecule has 0 aliphatic rings. The van der Waals surface area contributed by atoms with Gasteiger partial charge in [0.25, 0.3) is 0 Å². The monoisotopic (exact) mass is 194 g/mol. The molecule has 13 heavy (non-hydrogen) atoms. The number of pyridine rings is 1. The molecule has 0 N–H and O–H groups in total. The molecule has 2 nitrogen and oxygen atoms in total. The maximum Gasteiger partial charge on any atom is 0.223 e. The Morgan fingerprint density at radius 2 is 2.08 bits per heavy atom. The minimum absolute atomic E-state index is 0.0236. The molecule has 68 valence electrons. The topological polar surface area (TPSA) is 17.2 Å². The summed E-state index contributed by atoms with van der Waals surface area (Å²) in [7, 11) is 0. The molecule has 0 spiro atoms. The molecule has 0 aromatic carbocycles. The zero-order valence-electron chi connectivity index (χ0n) is 7.93. The van der Waals surface area contributed by atoms with Crippen molar-refractivity contribution in [3.8, 4) is 0 Å². The SMILES string of the molecule is [C-]#[N+]c1cnc(C(C)(C)C)cc1Cl. The van der Waals surface area contributed by atoms with Gasteiger partial charge in [0, 0.05) is 17.3 Å². The molecule has 0 fully saturated rings. The van der Waals surface area contributed by atoms with E-state index >= 15 is 0 Å². The van der Waals surface area contributed by atoms with E-state index < -0.39 is 0 Å². The average Bonchev–Trinajstić information content (AvgIpc) is 2.02. The summed E-state index contributed by atoms with van der Waals surface area (Å²) in [5.74, 6) is 0. The van der Waals surface area contributed by atoms with Gasteiger partial charge in [0.15, 0.2) is 0 Å². The summed E-state index contributed by atoms with van der Waals surface area (Å²) < 4.78 is 0. The molecular formula is C10H11ClN2. The van der Waals surface area contributed by atoms with Crippen molar-refractivity contribution in [1.82, 2.24) is 4.98 Å². The fourth-order valence-electron chi connectivity index (χ4n) is 0.916. The van der Waals surface area contributed by atoms with Crippen molar-refractivity contribution in [3.63, 3.8) is 0 Å². The summed E-state index contributed by atoms with van der Waals surface area (Å²) in [6.07, 6.45) is 1.52.